The van der Waals surface area contributed by atoms with E-state index in [0.717, 1.165) is 32.1 Å². The fourth-order valence-corrected chi connectivity index (χ4v) is 2.74. The second kappa shape index (κ2) is 7.03. The van der Waals surface area contributed by atoms with Crippen molar-refractivity contribution < 1.29 is 19.7 Å². The third-order valence-electron chi connectivity index (χ3n) is 3.86. The molecule has 2 aliphatic rings. The third-order valence-corrected chi connectivity index (χ3v) is 3.86. The zero-order chi connectivity index (χ0) is 13.7. The van der Waals surface area contributed by atoms with Crippen molar-refractivity contribution in [3.05, 3.63) is 12.2 Å². The molecular formula is C14H23NO4. The minimum absolute atomic E-state index is 0.0142. The summed E-state index contributed by atoms with van der Waals surface area (Å²) in [6, 6.07) is 0.0647. The summed E-state index contributed by atoms with van der Waals surface area (Å²) in [4.78, 5) is 16.4. The average molecular weight is 269 g/mol. The Labute approximate surface area is 113 Å². The Hall–Kier alpha value is -0.910. The summed E-state index contributed by atoms with van der Waals surface area (Å²) in [5.41, 5.74) is 0. The van der Waals surface area contributed by atoms with E-state index in [1.54, 1.807) is 0 Å². The van der Waals surface area contributed by atoms with Crippen LogP contribution in [-0.4, -0.2) is 36.0 Å². The molecule has 0 spiro atoms. The Morgan fingerprint density at radius 2 is 2.37 bits per heavy atom. The first-order chi connectivity index (χ1) is 9.24. The van der Waals surface area contributed by atoms with Crippen LogP contribution in [-0.2, 0) is 14.4 Å². The highest BCUT2D eigenvalue weighted by molar-refractivity contribution is 5.79. The number of amides is 1. The number of fused-ring (bicyclic) bond motifs is 2. The predicted octanol–water partition coefficient (Wildman–Crippen LogP) is 1.88. The van der Waals surface area contributed by atoms with Crippen LogP contribution in [0, 0.1) is 5.92 Å². The molecule has 4 atom stereocenters. The minimum Gasteiger partial charge on any atom is -0.365 e. The first kappa shape index (κ1) is 14.5. The molecule has 0 aromatic heterocycles. The van der Waals surface area contributed by atoms with Gasteiger partial charge in [-0.1, -0.05) is 38.3 Å². The lowest BCUT2D eigenvalue weighted by Crippen LogP contribution is -2.44. The smallest absolute Gasteiger partial charge is 0.225 e. The van der Waals surface area contributed by atoms with Gasteiger partial charge in [-0.2, -0.15) is 0 Å². The van der Waals surface area contributed by atoms with Gasteiger partial charge in [-0.15, -0.1) is 0 Å². The van der Waals surface area contributed by atoms with Crippen molar-refractivity contribution in [2.75, 3.05) is 6.61 Å². The molecule has 0 saturated carbocycles. The van der Waals surface area contributed by atoms with Gasteiger partial charge in [0.05, 0.1) is 30.8 Å². The van der Waals surface area contributed by atoms with Gasteiger partial charge in [-0.25, -0.2) is 4.89 Å². The van der Waals surface area contributed by atoms with Gasteiger partial charge in [0, 0.05) is 6.42 Å². The summed E-state index contributed by atoms with van der Waals surface area (Å²) in [6.45, 7) is 2.18. The van der Waals surface area contributed by atoms with Crippen LogP contribution >= 0.6 is 0 Å². The maximum atomic E-state index is 12.2. The van der Waals surface area contributed by atoms with Crippen LogP contribution in [0.15, 0.2) is 12.2 Å². The Balaban J connectivity index is 1.79. The van der Waals surface area contributed by atoms with Gasteiger partial charge < -0.3 is 10.1 Å². The van der Waals surface area contributed by atoms with Crippen molar-refractivity contribution in [1.29, 1.82) is 0 Å². The molecule has 2 heterocycles. The third kappa shape index (κ3) is 3.78. The molecule has 19 heavy (non-hydrogen) atoms. The number of carbonyl (C=O) groups excluding carboxylic acids is 1. The molecule has 1 amide bonds. The first-order valence-corrected chi connectivity index (χ1v) is 7.15. The van der Waals surface area contributed by atoms with Gasteiger partial charge in [0.25, 0.3) is 0 Å². The highest BCUT2D eigenvalue weighted by atomic mass is 17.1. The lowest BCUT2D eigenvalue weighted by molar-refractivity contribution is -0.250. The van der Waals surface area contributed by atoms with E-state index < -0.39 is 0 Å². The molecule has 1 fully saturated rings. The lowest BCUT2D eigenvalue weighted by atomic mass is 9.98. The van der Waals surface area contributed by atoms with E-state index in [1.807, 2.05) is 12.2 Å². The molecule has 0 aromatic rings. The van der Waals surface area contributed by atoms with Crippen LogP contribution in [0.2, 0.25) is 0 Å². The van der Waals surface area contributed by atoms with Crippen molar-refractivity contribution >= 4 is 5.91 Å². The van der Waals surface area contributed by atoms with Crippen LogP contribution in [0.3, 0.4) is 0 Å². The standard InChI is InChI=1S/C14H23NO4/c1-2-3-4-5-10(9-18-17)14(16)15-12-8-11-6-7-13(12)19-11/h6-7,10-13,17H,2-5,8-9H2,1H3,(H,15,16). The fraction of sp³-hybridized carbons (Fsp3) is 0.786. The van der Waals surface area contributed by atoms with Crippen LogP contribution < -0.4 is 5.32 Å². The minimum atomic E-state index is -0.278. The molecule has 5 nitrogen and oxygen atoms in total. The number of rotatable bonds is 8. The van der Waals surface area contributed by atoms with Gasteiger partial charge >= 0.3 is 0 Å². The van der Waals surface area contributed by atoms with Gasteiger partial charge in [-0.05, 0) is 6.42 Å². The average Bonchev–Trinajstić information content (AvgIpc) is 3.00. The first-order valence-electron chi connectivity index (χ1n) is 7.15. The molecule has 0 aliphatic carbocycles. The van der Waals surface area contributed by atoms with E-state index in [9.17, 15) is 4.79 Å². The largest absolute Gasteiger partial charge is 0.365 e. The monoisotopic (exact) mass is 269 g/mol. The molecule has 108 valence electrons. The van der Waals surface area contributed by atoms with Crippen molar-refractivity contribution in [3.8, 4) is 0 Å². The van der Waals surface area contributed by atoms with Crippen LogP contribution in [0.5, 0.6) is 0 Å². The van der Waals surface area contributed by atoms with E-state index >= 15 is 0 Å². The van der Waals surface area contributed by atoms with Gasteiger partial charge in [0.1, 0.15) is 0 Å². The maximum absolute atomic E-state index is 12.2. The van der Waals surface area contributed by atoms with Crippen molar-refractivity contribution in [2.45, 2.75) is 57.3 Å². The Bertz CT molecular complexity index is 331. The molecule has 2 bridgehead atoms. The van der Waals surface area contributed by atoms with Gasteiger partial charge in [0.15, 0.2) is 0 Å². The number of carbonyl (C=O) groups is 1. The van der Waals surface area contributed by atoms with Crippen LogP contribution in [0.25, 0.3) is 0 Å². The molecule has 4 unspecified atom stereocenters. The van der Waals surface area contributed by atoms with Crippen molar-refractivity contribution in [1.82, 2.24) is 5.32 Å². The van der Waals surface area contributed by atoms with E-state index in [2.05, 4.69) is 17.1 Å². The number of unbranched alkanes of at least 4 members (excludes halogenated alkanes) is 2. The number of hydrogen-bond donors (Lipinski definition) is 2. The summed E-state index contributed by atoms with van der Waals surface area (Å²) < 4.78 is 5.62. The molecule has 5 heteroatoms. The highest BCUT2D eigenvalue weighted by Gasteiger charge is 2.38. The summed E-state index contributed by atoms with van der Waals surface area (Å²) in [6.07, 6.45) is 8.99. The summed E-state index contributed by atoms with van der Waals surface area (Å²) in [7, 11) is 0. The fourth-order valence-electron chi connectivity index (χ4n) is 2.74. The quantitative estimate of drug-likeness (QED) is 0.305. The van der Waals surface area contributed by atoms with E-state index in [1.165, 1.54) is 0 Å². The second-order valence-electron chi connectivity index (χ2n) is 5.36. The SMILES string of the molecule is CCCCCC(COO)C(=O)NC1CC2C=CC1O2. The highest BCUT2D eigenvalue weighted by Crippen LogP contribution is 2.28. The van der Waals surface area contributed by atoms with Crippen LogP contribution in [0.1, 0.15) is 39.0 Å². The molecule has 0 radical (unpaired) electrons. The zero-order valence-corrected chi connectivity index (χ0v) is 11.4. The van der Waals surface area contributed by atoms with Gasteiger partial charge in [-0.3, -0.25) is 10.1 Å². The Kier molecular flexibility index (Phi) is 5.36. The Morgan fingerprint density at radius 1 is 1.53 bits per heavy atom. The maximum Gasteiger partial charge on any atom is 0.225 e. The molecule has 2 N–H and O–H groups in total. The molecule has 2 rings (SSSR count). The van der Waals surface area contributed by atoms with Crippen molar-refractivity contribution in [2.24, 2.45) is 5.92 Å². The lowest BCUT2D eigenvalue weighted by Gasteiger charge is -2.21. The number of ether oxygens (including phenoxy) is 1. The zero-order valence-electron chi connectivity index (χ0n) is 11.4. The normalized spacial score (nSPS) is 29.7. The molecular weight excluding hydrogens is 246 g/mol. The topological polar surface area (TPSA) is 67.8 Å². The van der Waals surface area contributed by atoms with E-state index in [4.69, 9.17) is 9.99 Å². The Morgan fingerprint density at radius 3 is 2.95 bits per heavy atom. The van der Waals surface area contributed by atoms with E-state index in [-0.39, 0.29) is 36.7 Å². The summed E-state index contributed by atoms with van der Waals surface area (Å²) in [5, 5.41) is 11.6. The van der Waals surface area contributed by atoms with E-state index in [0.29, 0.717) is 0 Å². The van der Waals surface area contributed by atoms with Crippen LogP contribution in [0.4, 0.5) is 0 Å². The second-order valence-corrected chi connectivity index (χ2v) is 5.36. The molecule has 1 saturated heterocycles. The summed E-state index contributed by atoms with van der Waals surface area (Å²) >= 11 is 0. The summed E-state index contributed by atoms with van der Waals surface area (Å²) in [5.74, 6) is -0.320. The van der Waals surface area contributed by atoms with Crippen molar-refractivity contribution in [3.63, 3.8) is 0 Å². The number of nitrogens with one attached hydrogen (secondary N) is 1. The molecule has 0 aromatic carbocycles. The van der Waals surface area contributed by atoms with Gasteiger partial charge in [0.2, 0.25) is 5.91 Å². The molecule has 2 aliphatic heterocycles. The number of hydrogen-bond acceptors (Lipinski definition) is 4. The predicted molar refractivity (Wildman–Crippen MR) is 70.6 cm³/mol.